The maximum absolute atomic E-state index is 13.3. The van der Waals surface area contributed by atoms with Gasteiger partial charge in [-0.05, 0) is 30.3 Å². The number of ether oxygens (including phenoxy) is 1. The summed E-state index contributed by atoms with van der Waals surface area (Å²) in [5.74, 6) is -0.0488. The molecule has 0 aliphatic carbocycles. The number of rotatable bonds is 6. The molecule has 2 N–H and O–H groups in total. The van der Waals surface area contributed by atoms with Crippen molar-refractivity contribution in [3.63, 3.8) is 0 Å². The number of hydrogen-bond acceptors (Lipinski definition) is 4. The summed E-state index contributed by atoms with van der Waals surface area (Å²) in [5.41, 5.74) is 3.67. The summed E-state index contributed by atoms with van der Waals surface area (Å²) in [5, 5.41) is 10.3. The summed E-state index contributed by atoms with van der Waals surface area (Å²) >= 11 is 0. The van der Waals surface area contributed by atoms with Crippen LogP contribution in [0.15, 0.2) is 85.1 Å². The molecule has 0 atom stereocenters. The van der Waals surface area contributed by atoms with Crippen molar-refractivity contribution in [2.75, 3.05) is 17.7 Å². The van der Waals surface area contributed by atoms with Gasteiger partial charge in [-0.25, -0.2) is 4.68 Å². The van der Waals surface area contributed by atoms with Crippen LogP contribution in [0.2, 0.25) is 0 Å². The van der Waals surface area contributed by atoms with Crippen LogP contribution in [0.1, 0.15) is 17.3 Å². The van der Waals surface area contributed by atoms with Crippen LogP contribution >= 0.6 is 0 Å². The molecule has 2 amide bonds. The van der Waals surface area contributed by atoms with Gasteiger partial charge in [0.25, 0.3) is 5.91 Å². The summed E-state index contributed by atoms with van der Waals surface area (Å²) < 4.78 is 6.97. The van der Waals surface area contributed by atoms with Crippen LogP contribution in [0.25, 0.3) is 16.9 Å². The Bertz CT molecular complexity index is 1250. The first kappa shape index (κ1) is 20.9. The molecule has 7 nitrogen and oxygen atoms in total. The van der Waals surface area contributed by atoms with Crippen molar-refractivity contribution in [3.8, 4) is 22.7 Å². The van der Waals surface area contributed by atoms with Gasteiger partial charge in [0.1, 0.15) is 11.4 Å². The molecule has 0 unspecified atom stereocenters. The first-order chi connectivity index (χ1) is 15.5. The van der Waals surface area contributed by atoms with Gasteiger partial charge in [-0.3, -0.25) is 9.59 Å². The third kappa shape index (κ3) is 4.52. The van der Waals surface area contributed by atoms with Crippen LogP contribution < -0.4 is 15.4 Å². The molecule has 3 aromatic carbocycles. The van der Waals surface area contributed by atoms with Gasteiger partial charge >= 0.3 is 0 Å². The van der Waals surface area contributed by atoms with E-state index in [4.69, 9.17) is 4.74 Å². The highest BCUT2D eigenvalue weighted by molar-refractivity contribution is 6.08. The Morgan fingerprint density at radius 2 is 1.59 bits per heavy atom. The molecular weight excluding hydrogens is 404 g/mol. The van der Waals surface area contributed by atoms with Gasteiger partial charge in [0.2, 0.25) is 5.91 Å². The second-order valence-electron chi connectivity index (χ2n) is 7.09. The third-order valence-corrected chi connectivity index (χ3v) is 4.79. The maximum Gasteiger partial charge on any atom is 0.259 e. The van der Waals surface area contributed by atoms with Crippen LogP contribution in [-0.2, 0) is 4.79 Å². The van der Waals surface area contributed by atoms with E-state index in [1.807, 2.05) is 60.7 Å². The molecule has 1 aromatic heterocycles. The molecule has 0 radical (unpaired) electrons. The molecule has 160 valence electrons. The quantitative estimate of drug-likeness (QED) is 0.466. The monoisotopic (exact) mass is 426 g/mol. The number of aromatic nitrogens is 2. The normalized spacial score (nSPS) is 10.4. The molecule has 4 aromatic rings. The van der Waals surface area contributed by atoms with Crippen LogP contribution in [0.4, 0.5) is 11.4 Å². The predicted molar refractivity (Wildman–Crippen MR) is 124 cm³/mol. The number of methoxy groups -OCH3 is 1. The van der Waals surface area contributed by atoms with Crippen molar-refractivity contribution in [1.29, 1.82) is 0 Å². The van der Waals surface area contributed by atoms with Crippen LogP contribution in [0.3, 0.4) is 0 Å². The SMILES string of the molecule is COc1ccc(NC(=O)c2cn(-c3ccccc3)nc2-c2ccccc2)cc1NC(C)=O. The number of hydrogen-bond donors (Lipinski definition) is 2. The second-order valence-corrected chi connectivity index (χ2v) is 7.09. The van der Waals surface area contributed by atoms with Crippen molar-refractivity contribution in [2.45, 2.75) is 6.92 Å². The lowest BCUT2D eigenvalue weighted by atomic mass is 10.1. The Hall–Kier alpha value is -4.39. The van der Waals surface area contributed by atoms with Gasteiger partial charge in [0.05, 0.1) is 24.0 Å². The highest BCUT2D eigenvalue weighted by Gasteiger charge is 2.19. The molecule has 4 rings (SSSR count). The largest absolute Gasteiger partial charge is 0.495 e. The minimum Gasteiger partial charge on any atom is -0.495 e. The van der Waals surface area contributed by atoms with Gasteiger partial charge < -0.3 is 15.4 Å². The minimum atomic E-state index is -0.315. The van der Waals surface area contributed by atoms with Crippen molar-refractivity contribution < 1.29 is 14.3 Å². The lowest BCUT2D eigenvalue weighted by Crippen LogP contribution is -2.13. The second kappa shape index (κ2) is 9.18. The van der Waals surface area contributed by atoms with E-state index in [9.17, 15) is 9.59 Å². The molecule has 0 fully saturated rings. The number of para-hydroxylation sites is 1. The number of nitrogens with one attached hydrogen (secondary N) is 2. The average molecular weight is 426 g/mol. The van der Waals surface area contributed by atoms with Crippen molar-refractivity contribution >= 4 is 23.2 Å². The van der Waals surface area contributed by atoms with E-state index in [-0.39, 0.29) is 11.8 Å². The van der Waals surface area contributed by atoms with Gasteiger partial charge in [-0.1, -0.05) is 48.5 Å². The fourth-order valence-electron chi connectivity index (χ4n) is 3.33. The number of benzene rings is 3. The fourth-order valence-corrected chi connectivity index (χ4v) is 3.33. The van der Waals surface area contributed by atoms with Gasteiger partial charge in [0.15, 0.2) is 0 Å². The highest BCUT2D eigenvalue weighted by atomic mass is 16.5. The van der Waals surface area contributed by atoms with E-state index in [1.165, 1.54) is 14.0 Å². The smallest absolute Gasteiger partial charge is 0.259 e. The van der Waals surface area contributed by atoms with Crippen molar-refractivity contribution in [2.24, 2.45) is 0 Å². The topological polar surface area (TPSA) is 85.2 Å². The van der Waals surface area contributed by atoms with E-state index in [0.29, 0.717) is 28.4 Å². The molecule has 0 saturated carbocycles. The fraction of sp³-hybridized carbons (Fsp3) is 0.0800. The first-order valence-corrected chi connectivity index (χ1v) is 10.0. The third-order valence-electron chi connectivity index (χ3n) is 4.79. The van der Waals surface area contributed by atoms with Crippen LogP contribution in [0, 0.1) is 0 Å². The zero-order valence-electron chi connectivity index (χ0n) is 17.7. The van der Waals surface area contributed by atoms with E-state index in [1.54, 1.807) is 29.1 Å². The minimum absolute atomic E-state index is 0.234. The summed E-state index contributed by atoms with van der Waals surface area (Å²) in [6.45, 7) is 1.41. The zero-order valence-corrected chi connectivity index (χ0v) is 17.7. The molecule has 32 heavy (non-hydrogen) atoms. The molecule has 0 bridgehead atoms. The summed E-state index contributed by atoms with van der Waals surface area (Å²) in [4.78, 5) is 24.8. The molecule has 0 aliphatic rings. The van der Waals surface area contributed by atoms with Gasteiger partial charge in [0, 0.05) is 24.4 Å². The number of nitrogens with zero attached hydrogens (tertiary/aromatic N) is 2. The van der Waals surface area contributed by atoms with E-state index in [2.05, 4.69) is 15.7 Å². The van der Waals surface area contributed by atoms with Gasteiger partial charge in [-0.15, -0.1) is 0 Å². The number of carbonyl (C=O) groups is 2. The number of carbonyl (C=O) groups excluding carboxylic acids is 2. The van der Waals surface area contributed by atoms with Crippen LogP contribution in [0.5, 0.6) is 5.75 Å². The number of anilines is 2. The van der Waals surface area contributed by atoms with Gasteiger partial charge in [-0.2, -0.15) is 5.10 Å². The van der Waals surface area contributed by atoms with Crippen molar-refractivity contribution in [3.05, 3.63) is 90.6 Å². The lowest BCUT2D eigenvalue weighted by molar-refractivity contribution is -0.114. The summed E-state index contributed by atoms with van der Waals surface area (Å²) in [6.07, 6.45) is 1.71. The zero-order chi connectivity index (χ0) is 22.5. The summed E-state index contributed by atoms with van der Waals surface area (Å²) in [6, 6.07) is 24.2. The Morgan fingerprint density at radius 1 is 0.906 bits per heavy atom. The van der Waals surface area contributed by atoms with E-state index < -0.39 is 0 Å². The highest BCUT2D eigenvalue weighted by Crippen LogP contribution is 2.29. The van der Waals surface area contributed by atoms with Crippen molar-refractivity contribution in [1.82, 2.24) is 9.78 Å². The standard InChI is InChI=1S/C25H22N4O3/c1-17(30)26-22-15-19(13-14-23(22)32-2)27-25(31)21-16-29(20-11-7-4-8-12-20)28-24(21)18-9-5-3-6-10-18/h3-16H,1-2H3,(H,26,30)(H,27,31). The predicted octanol–water partition coefficient (Wildman–Crippen LogP) is 4.76. The lowest BCUT2D eigenvalue weighted by Gasteiger charge is -2.12. The Balaban J connectivity index is 1.70. The van der Waals surface area contributed by atoms with Crippen LogP contribution in [-0.4, -0.2) is 28.7 Å². The molecule has 1 heterocycles. The van der Waals surface area contributed by atoms with E-state index >= 15 is 0 Å². The van der Waals surface area contributed by atoms with E-state index in [0.717, 1.165) is 11.3 Å². The maximum atomic E-state index is 13.3. The number of amides is 2. The summed E-state index contributed by atoms with van der Waals surface area (Å²) in [7, 11) is 1.52. The molecular formula is C25H22N4O3. The molecule has 0 aliphatic heterocycles. The molecule has 7 heteroatoms. The Kier molecular flexibility index (Phi) is 5.98. The Labute approximate surface area is 185 Å². The molecule has 0 saturated heterocycles. The molecule has 0 spiro atoms. The Morgan fingerprint density at radius 3 is 2.25 bits per heavy atom. The first-order valence-electron chi connectivity index (χ1n) is 10.0. The average Bonchev–Trinajstić information content (AvgIpc) is 3.26.